The number of benzene rings is 2. The molecule has 0 amide bonds. The predicted molar refractivity (Wildman–Crippen MR) is 78.2 cm³/mol. The van der Waals surface area contributed by atoms with Crippen LogP contribution in [0.3, 0.4) is 0 Å². The second-order valence-corrected chi connectivity index (χ2v) is 5.89. The van der Waals surface area contributed by atoms with Crippen LogP contribution in [-0.2, 0) is 6.42 Å². The molecule has 0 aliphatic heterocycles. The molecule has 0 saturated heterocycles. The first-order chi connectivity index (χ1) is 8.58. The Labute approximate surface area is 124 Å². The second kappa shape index (κ2) is 6.05. The molecule has 0 heterocycles. The number of alkyl halides is 1. The topological polar surface area (TPSA) is 0 Å². The van der Waals surface area contributed by atoms with Crippen molar-refractivity contribution in [3.05, 3.63) is 69.5 Å². The molecular weight excluding hydrogens is 338 g/mol. The molecule has 0 nitrogen and oxygen atoms in total. The normalized spacial score (nSPS) is 12.4. The van der Waals surface area contributed by atoms with E-state index in [0.29, 0.717) is 22.0 Å². The molecule has 1 atom stereocenters. The molecule has 4 heteroatoms. The van der Waals surface area contributed by atoms with Crippen LogP contribution in [-0.4, -0.2) is 0 Å². The zero-order valence-corrected chi connectivity index (χ0v) is 12.4. The van der Waals surface area contributed by atoms with Gasteiger partial charge in [-0.3, -0.25) is 0 Å². The lowest BCUT2D eigenvalue weighted by Crippen LogP contribution is -1.99. The third-order valence-electron chi connectivity index (χ3n) is 2.62. The molecule has 0 aromatic heterocycles. The van der Waals surface area contributed by atoms with Crippen LogP contribution in [0.1, 0.15) is 16.0 Å². The molecule has 0 N–H and O–H groups in total. The zero-order chi connectivity index (χ0) is 13.1. The van der Waals surface area contributed by atoms with Gasteiger partial charge in [-0.2, -0.15) is 0 Å². The van der Waals surface area contributed by atoms with Crippen molar-refractivity contribution >= 4 is 39.1 Å². The van der Waals surface area contributed by atoms with E-state index in [1.54, 1.807) is 12.1 Å². The van der Waals surface area contributed by atoms with Gasteiger partial charge in [0.25, 0.3) is 0 Å². The summed E-state index contributed by atoms with van der Waals surface area (Å²) in [7, 11) is 0. The van der Waals surface area contributed by atoms with Crippen LogP contribution in [0.4, 0.5) is 4.39 Å². The van der Waals surface area contributed by atoms with Gasteiger partial charge in [-0.05, 0) is 36.2 Å². The summed E-state index contributed by atoms with van der Waals surface area (Å²) in [6, 6.07) is 12.2. The van der Waals surface area contributed by atoms with Crippen LogP contribution in [0.25, 0.3) is 0 Å². The van der Waals surface area contributed by atoms with Crippen molar-refractivity contribution in [2.75, 3.05) is 0 Å². The molecule has 0 radical (unpaired) electrons. The SMILES string of the molecule is Fc1cccc(Cl)c1C(Br)Cc1cccc(Cl)c1. The summed E-state index contributed by atoms with van der Waals surface area (Å²) in [4.78, 5) is -0.176. The first-order valence-corrected chi connectivity index (χ1v) is 7.07. The van der Waals surface area contributed by atoms with Crippen molar-refractivity contribution in [1.82, 2.24) is 0 Å². The molecular formula is C14H10BrCl2F. The van der Waals surface area contributed by atoms with Crippen molar-refractivity contribution in [2.24, 2.45) is 0 Å². The zero-order valence-electron chi connectivity index (χ0n) is 9.34. The quantitative estimate of drug-likeness (QED) is 0.614. The largest absolute Gasteiger partial charge is 0.207 e. The van der Waals surface area contributed by atoms with Crippen LogP contribution in [0.5, 0.6) is 0 Å². The van der Waals surface area contributed by atoms with Gasteiger partial charge in [-0.15, -0.1) is 0 Å². The molecule has 94 valence electrons. The monoisotopic (exact) mass is 346 g/mol. The Bertz CT molecular complexity index is 537. The van der Waals surface area contributed by atoms with E-state index in [0.717, 1.165) is 5.56 Å². The fourth-order valence-corrected chi connectivity index (χ4v) is 3.26. The summed E-state index contributed by atoms with van der Waals surface area (Å²) in [5.74, 6) is -0.300. The summed E-state index contributed by atoms with van der Waals surface area (Å²) < 4.78 is 13.7. The van der Waals surface area contributed by atoms with E-state index >= 15 is 0 Å². The lowest BCUT2D eigenvalue weighted by molar-refractivity contribution is 0.608. The van der Waals surface area contributed by atoms with Gasteiger partial charge in [-0.25, -0.2) is 4.39 Å². The van der Waals surface area contributed by atoms with Crippen molar-refractivity contribution < 1.29 is 4.39 Å². The van der Waals surface area contributed by atoms with E-state index < -0.39 is 0 Å². The fourth-order valence-electron chi connectivity index (χ4n) is 1.78. The fraction of sp³-hybridized carbons (Fsp3) is 0.143. The molecule has 0 fully saturated rings. The third kappa shape index (κ3) is 3.25. The molecule has 0 aliphatic carbocycles. The Hall–Kier alpha value is -0.570. The van der Waals surface area contributed by atoms with Gasteiger partial charge in [0, 0.05) is 20.4 Å². The number of hydrogen-bond donors (Lipinski definition) is 0. The smallest absolute Gasteiger partial charge is 0.129 e. The van der Waals surface area contributed by atoms with Gasteiger partial charge >= 0.3 is 0 Å². The van der Waals surface area contributed by atoms with E-state index in [9.17, 15) is 4.39 Å². The van der Waals surface area contributed by atoms with Crippen molar-refractivity contribution in [2.45, 2.75) is 11.2 Å². The van der Waals surface area contributed by atoms with Crippen LogP contribution in [0.2, 0.25) is 10.0 Å². The maximum absolute atomic E-state index is 13.7. The van der Waals surface area contributed by atoms with E-state index in [4.69, 9.17) is 23.2 Å². The molecule has 2 rings (SSSR count). The predicted octanol–water partition coefficient (Wildman–Crippen LogP) is 5.81. The van der Waals surface area contributed by atoms with Crippen LogP contribution >= 0.6 is 39.1 Å². The van der Waals surface area contributed by atoms with E-state index in [2.05, 4.69) is 15.9 Å². The minimum atomic E-state index is -0.300. The highest BCUT2D eigenvalue weighted by Gasteiger charge is 2.16. The summed E-state index contributed by atoms with van der Waals surface area (Å²) in [6.07, 6.45) is 0.626. The molecule has 0 bridgehead atoms. The number of rotatable bonds is 3. The average Bonchev–Trinajstić information content (AvgIpc) is 2.28. The summed E-state index contributed by atoms with van der Waals surface area (Å²) in [5, 5.41) is 1.10. The molecule has 0 aliphatic rings. The Morgan fingerprint density at radius 2 is 1.83 bits per heavy atom. The van der Waals surface area contributed by atoms with Crippen LogP contribution in [0, 0.1) is 5.82 Å². The maximum atomic E-state index is 13.7. The lowest BCUT2D eigenvalue weighted by Gasteiger charge is -2.13. The van der Waals surface area contributed by atoms with Gasteiger partial charge in [0.1, 0.15) is 5.82 Å². The molecule has 18 heavy (non-hydrogen) atoms. The standard InChI is InChI=1S/C14H10BrCl2F/c15-11(8-9-3-1-4-10(16)7-9)14-12(17)5-2-6-13(14)18/h1-7,11H,8H2. The second-order valence-electron chi connectivity index (χ2n) is 3.94. The Kier molecular flexibility index (Phi) is 4.66. The highest BCUT2D eigenvalue weighted by Crippen LogP contribution is 2.34. The van der Waals surface area contributed by atoms with Crippen LogP contribution < -0.4 is 0 Å². The summed E-state index contributed by atoms with van der Waals surface area (Å²) >= 11 is 15.4. The summed E-state index contributed by atoms with van der Waals surface area (Å²) in [5.41, 5.74) is 1.52. The summed E-state index contributed by atoms with van der Waals surface area (Å²) in [6.45, 7) is 0. The van der Waals surface area contributed by atoms with Crippen molar-refractivity contribution in [1.29, 1.82) is 0 Å². The first kappa shape index (κ1) is 13.9. The third-order valence-corrected chi connectivity index (χ3v) is 3.96. The minimum absolute atomic E-state index is 0.176. The molecule has 2 aromatic carbocycles. The first-order valence-electron chi connectivity index (χ1n) is 5.40. The van der Waals surface area contributed by atoms with E-state index in [1.165, 1.54) is 6.07 Å². The van der Waals surface area contributed by atoms with Crippen molar-refractivity contribution in [3.8, 4) is 0 Å². The van der Waals surface area contributed by atoms with E-state index in [1.807, 2.05) is 24.3 Å². The van der Waals surface area contributed by atoms with Gasteiger partial charge in [-0.1, -0.05) is 57.3 Å². The van der Waals surface area contributed by atoms with Gasteiger partial charge in [0.15, 0.2) is 0 Å². The van der Waals surface area contributed by atoms with Crippen molar-refractivity contribution in [3.63, 3.8) is 0 Å². The maximum Gasteiger partial charge on any atom is 0.129 e. The molecule has 0 spiro atoms. The molecule has 2 aromatic rings. The highest BCUT2D eigenvalue weighted by molar-refractivity contribution is 9.09. The van der Waals surface area contributed by atoms with Gasteiger partial charge < -0.3 is 0 Å². The Balaban J connectivity index is 2.25. The number of hydrogen-bond acceptors (Lipinski definition) is 0. The van der Waals surface area contributed by atoms with Gasteiger partial charge in [0.2, 0.25) is 0 Å². The molecule has 1 unspecified atom stereocenters. The Morgan fingerprint density at radius 1 is 1.11 bits per heavy atom. The number of halogens is 4. The molecule has 0 saturated carbocycles. The Morgan fingerprint density at radius 3 is 2.50 bits per heavy atom. The van der Waals surface area contributed by atoms with Crippen LogP contribution in [0.15, 0.2) is 42.5 Å². The highest BCUT2D eigenvalue weighted by atomic mass is 79.9. The lowest BCUT2D eigenvalue weighted by atomic mass is 10.0. The van der Waals surface area contributed by atoms with Gasteiger partial charge in [0.05, 0.1) is 0 Å². The average molecular weight is 348 g/mol. The minimum Gasteiger partial charge on any atom is -0.207 e. The van der Waals surface area contributed by atoms with E-state index in [-0.39, 0.29) is 10.6 Å².